The van der Waals surface area contributed by atoms with Gasteiger partial charge in [0.15, 0.2) is 0 Å². The average Bonchev–Trinajstić information content (AvgIpc) is 2.56. The zero-order chi connectivity index (χ0) is 20.6. The van der Waals surface area contributed by atoms with Crippen LogP contribution in [0.15, 0.2) is 53.4 Å². The van der Waals surface area contributed by atoms with E-state index in [2.05, 4.69) is 10.8 Å². The summed E-state index contributed by atoms with van der Waals surface area (Å²) < 4.78 is 28.1. The summed E-state index contributed by atoms with van der Waals surface area (Å²) >= 11 is 6.45. The van der Waals surface area contributed by atoms with E-state index in [1.165, 1.54) is 6.07 Å². The number of rotatable bonds is 4. The van der Waals surface area contributed by atoms with Gasteiger partial charge >= 0.3 is 0 Å². The van der Waals surface area contributed by atoms with E-state index in [1.807, 2.05) is 26.0 Å². The van der Waals surface area contributed by atoms with Crippen molar-refractivity contribution in [3.8, 4) is 11.1 Å². The number of hydrogen-bond acceptors (Lipinski definition) is 4. The largest absolute Gasteiger partial charge is 0.397 e. The fourth-order valence-electron chi connectivity index (χ4n) is 3.17. The van der Waals surface area contributed by atoms with Gasteiger partial charge in [0.05, 0.1) is 27.0 Å². The minimum Gasteiger partial charge on any atom is -0.397 e. The molecule has 28 heavy (non-hydrogen) atoms. The lowest BCUT2D eigenvalue weighted by Crippen LogP contribution is -2.15. The van der Waals surface area contributed by atoms with Crippen molar-refractivity contribution in [3.05, 3.63) is 70.2 Å². The fourth-order valence-corrected chi connectivity index (χ4v) is 4.77. The highest BCUT2D eigenvalue weighted by atomic mass is 35.5. The van der Waals surface area contributed by atoms with Crippen molar-refractivity contribution in [2.45, 2.75) is 25.7 Å². The normalized spacial score (nSPS) is 11.4. The number of nitrogens with one attached hydrogen (secondary N) is 1. The Balaban J connectivity index is 1.95. The molecule has 0 aliphatic heterocycles. The fraction of sp³-hybridized carbons (Fsp3) is 0.143. The smallest absolute Gasteiger partial charge is 0.262 e. The van der Waals surface area contributed by atoms with E-state index in [0.29, 0.717) is 22.0 Å². The minimum atomic E-state index is -3.84. The van der Waals surface area contributed by atoms with Crippen LogP contribution in [0.5, 0.6) is 0 Å². The number of sulfonamides is 1. The van der Waals surface area contributed by atoms with Crippen molar-refractivity contribution >= 4 is 38.7 Å². The Morgan fingerprint density at radius 3 is 2.07 bits per heavy atom. The average molecular weight is 416 g/mol. The maximum atomic E-state index is 12.8. The maximum Gasteiger partial charge on any atom is 0.262 e. The molecular weight excluding hydrogens is 394 g/mol. The number of nitrogen functional groups attached to an aromatic ring is 2. The van der Waals surface area contributed by atoms with Gasteiger partial charge in [0.2, 0.25) is 0 Å². The Labute approximate surface area is 170 Å². The van der Waals surface area contributed by atoms with E-state index in [1.54, 1.807) is 31.2 Å². The van der Waals surface area contributed by atoms with E-state index in [0.717, 1.165) is 22.3 Å². The van der Waals surface area contributed by atoms with Crippen LogP contribution >= 0.6 is 11.6 Å². The predicted octanol–water partition coefficient (Wildman–Crippen LogP) is 4.90. The van der Waals surface area contributed by atoms with Crippen LogP contribution in [-0.4, -0.2) is 8.42 Å². The van der Waals surface area contributed by atoms with Crippen molar-refractivity contribution in [2.75, 3.05) is 16.2 Å². The van der Waals surface area contributed by atoms with Gasteiger partial charge in [0.1, 0.15) is 0 Å². The molecule has 0 aliphatic rings. The van der Waals surface area contributed by atoms with Crippen molar-refractivity contribution in [2.24, 2.45) is 0 Å². The van der Waals surface area contributed by atoms with Gasteiger partial charge in [-0.1, -0.05) is 47.0 Å². The van der Waals surface area contributed by atoms with E-state index in [9.17, 15) is 8.42 Å². The lowest BCUT2D eigenvalue weighted by molar-refractivity contribution is 0.600. The van der Waals surface area contributed by atoms with Gasteiger partial charge in [-0.3, -0.25) is 4.72 Å². The Bertz CT molecular complexity index is 1150. The molecule has 5 N–H and O–H groups in total. The summed E-state index contributed by atoms with van der Waals surface area (Å²) in [6.45, 7) is 5.71. The molecule has 0 aromatic heterocycles. The third-order valence-corrected chi connectivity index (χ3v) is 6.26. The summed E-state index contributed by atoms with van der Waals surface area (Å²) in [6, 6.07) is 14.2. The van der Waals surface area contributed by atoms with Gasteiger partial charge in [-0.25, -0.2) is 8.42 Å². The van der Waals surface area contributed by atoms with Crippen molar-refractivity contribution in [1.29, 1.82) is 0 Å². The van der Waals surface area contributed by atoms with E-state index in [-0.39, 0.29) is 10.6 Å². The number of halogens is 1. The summed E-state index contributed by atoms with van der Waals surface area (Å²) in [5.74, 6) is 0. The van der Waals surface area contributed by atoms with Crippen LogP contribution < -0.4 is 16.2 Å². The number of benzene rings is 3. The summed E-state index contributed by atoms with van der Waals surface area (Å²) in [5, 5.41) is 0.457. The van der Waals surface area contributed by atoms with Crippen LogP contribution in [0.4, 0.5) is 17.1 Å². The lowest BCUT2D eigenvalue weighted by atomic mass is 10.0. The topological polar surface area (TPSA) is 98.2 Å². The van der Waals surface area contributed by atoms with Crippen LogP contribution in [-0.2, 0) is 10.0 Å². The molecule has 0 aliphatic carbocycles. The first-order chi connectivity index (χ1) is 13.1. The Hall–Kier alpha value is -2.70. The van der Waals surface area contributed by atoms with E-state index < -0.39 is 10.0 Å². The highest BCUT2D eigenvalue weighted by Gasteiger charge is 2.19. The molecular formula is C21H22ClN3O2S. The maximum absolute atomic E-state index is 12.8. The molecule has 0 amide bonds. The van der Waals surface area contributed by atoms with Crippen LogP contribution in [0, 0.1) is 20.8 Å². The van der Waals surface area contributed by atoms with E-state index in [4.69, 9.17) is 23.1 Å². The second-order valence-electron chi connectivity index (χ2n) is 6.92. The zero-order valence-electron chi connectivity index (χ0n) is 15.9. The van der Waals surface area contributed by atoms with E-state index >= 15 is 0 Å². The molecule has 0 fully saturated rings. The van der Waals surface area contributed by atoms with Gasteiger partial charge in [-0.15, -0.1) is 0 Å². The number of hydrogen-bond donors (Lipinski definition) is 3. The summed E-state index contributed by atoms with van der Waals surface area (Å²) in [4.78, 5) is 0.0775. The first-order valence-corrected chi connectivity index (χ1v) is 10.5. The molecule has 7 heteroatoms. The molecule has 3 aromatic rings. The molecule has 3 aromatic carbocycles. The highest BCUT2D eigenvalue weighted by molar-refractivity contribution is 7.92. The van der Waals surface area contributed by atoms with Gasteiger partial charge in [0.25, 0.3) is 10.0 Å². The Kier molecular flexibility index (Phi) is 5.28. The zero-order valence-corrected chi connectivity index (χ0v) is 17.4. The summed E-state index contributed by atoms with van der Waals surface area (Å²) in [5.41, 5.74) is 17.0. The van der Waals surface area contributed by atoms with Gasteiger partial charge < -0.3 is 11.5 Å². The quantitative estimate of drug-likeness (QED) is 0.528. The molecule has 0 saturated carbocycles. The standard InChI is InChI=1S/C21H22ClN3O2S/c1-12-6-13(2)8-15(7-12)17-5-4-16(10-18(17)22)25-28(26,27)21-11-20(24)19(23)9-14(21)3/h4-11,25H,23-24H2,1-3H3. The van der Waals surface area contributed by atoms with Gasteiger partial charge in [-0.2, -0.15) is 0 Å². The molecule has 0 radical (unpaired) electrons. The second kappa shape index (κ2) is 7.37. The number of anilines is 3. The number of nitrogens with two attached hydrogens (primary N) is 2. The molecule has 0 atom stereocenters. The monoisotopic (exact) mass is 415 g/mol. The third kappa shape index (κ3) is 4.08. The minimum absolute atomic E-state index is 0.0775. The van der Waals surface area contributed by atoms with Crippen LogP contribution in [0.1, 0.15) is 16.7 Å². The Morgan fingerprint density at radius 1 is 0.857 bits per heavy atom. The SMILES string of the molecule is Cc1cc(C)cc(-c2ccc(NS(=O)(=O)c3cc(N)c(N)cc3C)cc2Cl)c1. The molecule has 5 nitrogen and oxygen atoms in total. The molecule has 146 valence electrons. The van der Waals surface area contributed by atoms with Crippen molar-refractivity contribution < 1.29 is 8.42 Å². The highest BCUT2D eigenvalue weighted by Crippen LogP contribution is 2.33. The molecule has 0 heterocycles. The Morgan fingerprint density at radius 2 is 1.46 bits per heavy atom. The first-order valence-electron chi connectivity index (χ1n) is 8.63. The molecule has 0 bridgehead atoms. The molecule has 0 spiro atoms. The predicted molar refractivity (Wildman–Crippen MR) is 117 cm³/mol. The van der Waals surface area contributed by atoms with Crippen molar-refractivity contribution in [1.82, 2.24) is 0 Å². The molecule has 0 saturated heterocycles. The second-order valence-corrected chi connectivity index (χ2v) is 8.98. The van der Waals surface area contributed by atoms with Crippen LogP contribution in [0.25, 0.3) is 11.1 Å². The van der Waals surface area contributed by atoms with Gasteiger partial charge in [-0.05, 0) is 56.2 Å². The summed E-state index contributed by atoms with van der Waals surface area (Å²) in [6.07, 6.45) is 0. The van der Waals surface area contributed by atoms with Crippen molar-refractivity contribution in [3.63, 3.8) is 0 Å². The van der Waals surface area contributed by atoms with Gasteiger partial charge in [0, 0.05) is 5.56 Å². The molecule has 0 unspecified atom stereocenters. The molecule has 3 rings (SSSR count). The number of aryl methyl sites for hydroxylation is 3. The third-order valence-electron chi connectivity index (χ3n) is 4.42. The van der Waals surface area contributed by atoms with Crippen LogP contribution in [0.2, 0.25) is 5.02 Å². The lowest BCUT2D eigenvalue weighted by Gasteiger charge is -2.14. The summed E-state index contributed by atoms with van der Waals surface area (Å²) in [7, 11) is -3.84. The van der Waals surface area contributed by atoms with Crippen LogP contribution in [0.3, 0.4) is 0 Å². The first kappa shape index (κ1) is 20.0.